The zero-order valence-corrected chi connectivity index (χ0v) is 8.73. The molecule has 0 aliphatic carbocycles. The van der Waals surface area contributed by atoms with E-state index in [-0.39, 0.29) is 24.1 Å². The van der Waals surface area contributed by atoms with Crippen molar-refractivity contribution in [3.8, 4) is 0 Å². The predicted octanol–water partition coefficient (Wildman–Crippen LogP) is 0.711. The van der Waals surface area contributed by atoms with Crippen molar-refractivity contribution in [2.24, 2.45) is 0 Å². The molecule has 0 saturated carbocycles. The number of aromatic carboxylic acids is 1. The fourth-order valence-electron chi connectivity index (χ4n) is 1.20. The van der Waals surface area contributed by atoms with Gasteiger partial charge in [0.1, 0.15) is 6.54 Å². The summed E-state index contributed by atoms with van der Waals surface area (Å²) in [5.41, 5.74) is 0.187. The highest BCUT2D eigenvalue weighted by Crippen LogP contribution is 2.00. The summed E-state index contributed by atoms with van der Waals surface area (Å²) in [6.07, 6.45) is 3.01. The topological polar surface area (TPSA) is 71.3 Å². The molecule has 0 saturated heterocycles. The van der Waals surface area contributed by atoms with Crippen LogP contribution in [0.5, 0.6) is 0 Å². The van der Waals surface area contributed by atoms with E-state index in [0.29, 0.717) is 0 Å². The van der Waals surface area contributed by atoms with Crippen molar-refractivity contribution in [3.63, 3.8) is 0 Å². The first kappa shape index (κ1) is 11.3. The summed E-state index contributed by atoms with van der Waals surface area (Å²) in [5, 5.41) is 11.4. The third-order valence-corrected chi connectivity index (χ3v) is 1.77. The SMILES string of the molecule is CC(C)NC(=O)Cn1ccc(C(=O)O)c1. The van der Waals surface area contributed by atoms with Gasteiger partial charge >= 0.3 is 5.97 Å². The molecule has 1 heterocycles. The van der Waals surface area contributed by atoms with E-state index in [1.165, 1.54) is 12.3 Å². The molecule has 5 heteroatoms. The van der Waals surface area contributed by atoms with Gasteiger partial charge in [-0.3, -0.25) is 4.79 Å². The van der Waals surface area contributed by atoms with E-state index in [1.807, 2.05) is 13.8 Å². The highest BCUT2D eigenvalue weighted by molar-refractivity contribution is 5.87. The van der Waals surface area contributed by atoms with Crippen LogP contribution in [0.4, 0.5) is 0 Å². The van der Waals surface area contributed by atoms with Gasteiger partial charge in [-0.25, -0.2) is 4.79 Å². The fourth-order valence-corrected chi connectivity index (χ4v) is 1.20. The van der Waals surface area contributed by atoms with Crippen LogP contribution in [0.2, 0.25) is 0 Å². The molecule has 5 nitrogen and oxygen atoms in total. The largest absolute Gasteiger partial charge is 0.478 e. The van der Waals surface area contributed by atoms with Crippen LogP contribution in [-0.4, -0.2) is 27.6 Å². The van der Waals surface area contributed by atoms with E-state index >= 15 is 0 Å². The van der Waals surface area contributed by atoms with Crippen molar-refractivity contribution in [2.45, 2.75) is 26.4 Å². The summed E-state index contributed by atoms with van der Waals surface area (Å²) >= 11 is 0. The number of carboxylic acid groups (broad SMARTS) is 1. The molecular weight excluding hydrogens is 196 g/mol. The molecular formula is C10H14N2O3. The average molecular weight is 210 g/mol. The quantitative estimate of drug-likeness (QED) is 0.768. The van der Waals surface area contributed by atoms with Crippen LogP contribution < -0.4 is 5.32 Å². The summed E-state index contributed by atoms with van der Waals surface area (Å²) in [5.74, 6) is -1.12. The Kier molecular flexibility index (Phi) is 3.49. The first-order valence-corrected chi connectivity index (χ1v) is 4.67. The molecule has 0 unspecified atom stereocenters. The minimum Gasteiger partial charge on any atom is -0.478 e. The molecule has 0 spiro atoms. The summed E-state index contributed by atoms with van der Waals surface area (Å²) in [7, 11) is 0. The van der Waals surface area contributed by atoms with Crippen LogP contribution in [0.15, 0.2) is 18.5 Å². The summed E-state index contributed by atoms with van der Waals surface area (Å²) in [6, 6.07) is 1.55. The number of rotatable bonds is 4. The van der Waals surface area contributed by atoms with E-state index in [0.717, 1.165) is 0 Å². The lowest BCUT2D eigenvalue weighted by atomic mass is 10.3. The summed E-state index contributed by atoms with van der Waals surface area (Å²) in [4.78, 5) is 21.9. The van der Waals surface area contributed by atoms with Crippen molar-refractivity contribution in [3.05, 3.63) is 24.0 Å². The maximum Gasteiger partial charge on any atom is 0.337 e. The van der Waals surface area contributed by atoms with Crippen molar-refractivity contribution in [1.29, 1.82) is 0 Å². The van der Waals surface area contributed by atoms with Crippen molar-refractivity contribution in [1.82, 2.24) is 9.88 Å². The highest BCUT2D eigenvalue weighted by Gasteiger charge is 2.07. The lowest BCUT2D eigenvalue weighted by Gasteiger charge is -2.08. The van der Waals surface area contributed by atoms with Gasteiger partial charge in [0.05, 0.1) is 5.56 Å². The Balaban J connectivity index is 2.57. The Morgan fingerprint density at radius 3 is 2.67 bits per heavy atom. The van der Waals surface area contributed by atoms with E-state index < -0.39 is 5.97 Å². The third kappa shape index (κ3) is 3.46. The maximum atomic E-state index is 11.3. The van der Waals surface area contributed by atoms with Gasteiger partial charge in [0.2, 0.25) is 5.91 Å². The Morgan fingerprint density at radius 1 is 1.53 bits per heavy atom. The van der Waals surface area contributed by atoms with Crippen molar-refractivity contribution in [2.75, 3.05) is 0 Å². The smallest absolute Gasteiger partial charge is 0.337 e. The average Bonchev–Trinajstić information content (AvgIpc) is 2.50. The number of nitrogens with one attached hydrogen (secondary N) is 1. The molecule has 1 rings (SSSR count). The fraction of sp³-hybridized carbons (Fsp3) is 0.400. The molecule has 1 aromatic rings. The minimum absolute atomic E-state index is 0.0898. The molecule has 2 N–H and O–H groups in total. The number of amides is 1. The lowest BCUT2D eigenvalue weighted by molar-refractivity contribution is -0.122. The van der Waals surface area contributed by atoms with Crippen LogP contribution in [0.1, 0.15) is 24.2 Å². The van der Waals surface area contributed by atoms with Gasteiger partial charge in [-0.05, 0) is 19.9 Å². The minimum atomic E-state index is -0.988. The second-order valence-electron chi connectivity index (χ2n) is 3.60. The molecule has 82 valence electrons. The van der Waals surface area contributed by atoms with Gasteiger partial charge in [-0.2, -0.15) is 0 Å². The predicted molar refractivity (Wildman–Crippen MR) is 54.7 cm³/mol. The van der Waals surface area contributed by atoms with Gasteiger partial charge in [0, 0.05) is 18.4 Å². The Morgan fingerprint density at radius 2 is 2.20 bits per heavy atom. The number of carbonyl (C=O) groups is 2. The van der Waals surface area contributed by atoms with Crippen LogP contribution in [-0.2, 0) is 11.3 Å². The molecule has 0 radical (unpaired) electrons. The summed E-state index contributed by atoms with van der Waals surface area (Å²) in [6.45, 7) is 3.89. The zero-order chi connectivity index (χ0) is 11.4. The van der Waals surface area contributed by atoms with Gasteiger partial charge in [0.25, 0.3) is 0 Å². The molecule has 0 atom stereocenters. The van der Waals surface area contributed by atoms with Crippen LogP contribution >= 0.6 is 0 Å². The Hall–Kier alpha value is -1.78. The molecule has 0 aliphatic rings. The van der Waals surface area contributed by atoms with Gasteiger partial charge in [-0.1, -0.05) is 0 Å². The molecule has 1 aromatic heterocycles. The second-order valence-corrected chi connectivity index (χ2v) is 3.60. The second kappa shape index (κ2) is 4.63. The summed E-state index contributed by atoms with van der Waals surface area (Å²) < 4.78 is 1.54. The Labute approximate surface area is 87.7 Å². The lowest BCUT2D eigenvalue weighted by Crippen LogP contribution is -2.32. The molecule has 0 aliphatic heterocycles. The van der Waals surface area contributed by atoms with Crippen LogP contribution in [0.3, 0.4) is 0 Å². The van der Waals surface area contributed by atoms with Gasteiger partial charge in [0.15, 0.2) is 0 Å². The molecule has 15 heavy (non-hydrogen) atoms. The maximum absolute atomic E-state index is 11.3. The Bertz CT molecular complexity index is 368. The number of carboxylic acids is 1. The highest BCUT2D eigenvalue weighted by atomic mass is 16.4. The van der Waals surface area contributed by atoms with Crippen LogP contribution in [0, 0.1) is 0 Å². The van der Waals surface area contributed by atoms with Gasteiger partial charge < -0.3 is 15.0 Å². The molecule has 1 amide bonds. The first-order valence-electron chi connectivity index (χ1n) is 4.67. The molecule has 0 fully saturated rings. The molecule has 0 bridgehead atoms. The van der Waals surface area contributed by atoms with E-state index in [9.17, 15) is 9.59 Å². The number of aromatic nitrogens is 1. The number of hydrogen-bond acceptors (Lipinski definition) is 2. The molecule has 0 aromatic carbocycles. The standard InChI is InChI=1S/C10H14N2O3/c1-7(2)11-9(13)6-12-4-3-8(5-12)10(14)15/h3-5,7H,6H2,1-2H3,(H,11,13)(H,14,15). The van der Waals surface area contributed by atoms with Gasteiger partial charge in [-0.15, -0.1) is 0 Å². The zero-order valence-electron chi connectivity index (χ0n) is 8.73. The normalized spacial score (nSPS) is 10.3. The first-order chi connectivity index (χ1) is 6.99. The van der Waals surface area contributed by atoms with E-state index in [2.05, 4.69) is 5.32 Å². The number of hydrogen-bond donors (Lipinski definition) is 2. The van der Waals surface area contributed by atoms with E-state index in [1.54, 1.807) is 10.8 Å². The number of carbonyl (C=O) groups excluding carboxylic acids is 1. The third-order valence-electron chi connectivity index (χ3n) is 1.77. The van der Waals surface area contributed by atoms with Crippen LogP contribution in [0.25, 0.3) is 0 Å². The van der Waals surface area contributed by atoms with E-state index in [4.69, 9.17) is 5.11 Å². The van der Waals surface area contributed by atoms with Crippen molar-refractivity contribution < 1.29 is 14.7 Å². The number of nitrogens with zero attached hydrogens (tertiary/aromatic N) is 1. The monoisotopic (exact) mass is 210 g/mol. The van der Waals surface area contributed by atoms with Crippen molar-refractivity contribution >= 4 is 11.9 Å².